The van der Waals surface area contributed by atoms with Crippen LogP contribution in [0, 0.1) is 21.8 Å². The highest BCUT2D eigenvalue weighted by Gasteiger charge is 2.33. The lowest BCUT2D eigenvalue weighted by atomic mass is 10.0. The highest BCUT2D eigenvalue weighted by atomic mass is 19.1. The summed E-state index contributed by atoms with van der Waals surface area (Å²) >= 11 is 0. The van der Waals surface area contributed by atoms with Gasteiger partial charge in [-0.1, -0.05) is 12.1 Å². The summed E-state index contributed by atoms with van der Waals surface area (Å²) in [7, 11) is 0. The average molecular weight is 332 g/mol. The van der Waals surface area contributed by atoms with E-state index in [-0.39, 0.29) is 36.4 Å². The van der Waals surface area contributed by atoms with Gasteiger partial charge in [0.2, 0.25) is 5.91 Å². The van der Waals surface area contributed by atoms with Crippen molar-refractivity contribution in [2.75, 3.05) is 0 Å². The van der Waals surface area contributed by atoms with Crippen molar-refractivity contribution >= 4 is 11.6 Å². The summed E-state index contributed by atoms with van der Waals surface area (Å²) in [6.45, 7) is 0.264. The van der Waals surface area contributed by atoms with E-state index in [1.54, 1.807) is 12.1 Å². The second-order valence-corrected chi connectivity index (χ2v) is 5.90. The Kier molecular flexibility index (Phi) is 4.54. The van der Waals surface area contributed by atoms with Crippen LogP contribution >= 0.6 is 0 Å². The first-order valence-electron chi connectivity index (χ1n) is 7.74. The molecule has 2 aromatic rings. The van der Waals surface area contributed by atoms with E-state index in [0.717, 1.165) is 24.6 Å². The quantitative estimate of drug-likeness (QED) is 0.623. The van der Waals surface area contributed by atoms with Crippen LogP contribution in [0.5, 0.6) is 0 Å². The third kappa shape index (κ3) is 3.95. The lowest BCUT2D eigenvalue weighted by molar-refractivity contribution is -0.385. The minimum absolute atomic E-state index is 0.0995. The van der Waals surface area contributed by atoms with E-state index in [9.17, 15) is 19.3 Å². The summed E-state index contributed by atoms with van der Waals surface area (Å²) in [6.07, 6.45) is 4.69. The summed E-state index contributed by atoms with van der Waals surface area (Å²) in [5.41, 5.74) is 0.791. The summed E-state index contributed by atoms with van der Waals surface area (Å²) in [6, 6.07) is 6.04. The largest absolute Gasteiger partial charge is 0.349 e. The monoisotopic (exact) mass is 332 g/mol. The van der Waals surface area contributed by atoms with Crippen molar-refractivity contribution in [2.45, 2.75) is 31.8 Å². The Morgan fingerprint density at radius 2 is 2.12 bits per heavy atom. The van der Waals surface area contributed by atoms with Gasteiger partial charge in [0.1, 0.15) is 18.2 Å². The maximum absolute atomic E-state index is 13.1. The SMILES string of the molecule is O=C(CCn1cc([N+](=O)[O-])cn1)N[C@@H](c1ccc(F)cc1)C1CC1. The summed E-state index contributed by atoms with van der Waals surface area (Å²) in [5.74, 6) is -0.0838. The molecule has 1 amide bonds. The van der Waals surface area contributed by atoms with E-state index >= 15 is 0 Å². The molecule has 1 aliphatic rings. The molecule has 1 aliphatic carbocycles. The number of nitro groups is 1. The van der Waals surface area contributed by atoms with Crippen LogP contribution < -0.4 is 5.32 Å². The predicted molar refractivity (Wildman–Crippen MR) is 83.5 cm³/mol. The maximum atomic E-state index is 13.1. The average Bonchev–Trinajstić information content (AvgIpc) is 3.28. The number of rotatable bonds is 7. The number of halogens is 1. The first-order chi connectivity index (χ1) is 11.5. The summed E-state index contributed by atoms with van der Waals surface area (Å²) in [5, 5.41) is 17.4. The minimum atomic E-state index is -0.527. The third-order valence-corrected chi connectivity index (χ3v) is 4.04. The molecule has 1 saturated carbocycles. The van der Waals surface area contributed by atoms with Crippen LogP contribution in [-0.2, 0) is 11.3 Å². The molecule has 0 spiro atoms. The summed E-state index contributed by atoms with van der Waals surface area (Å²) in [4.78, 5) is 22.3. The number of nitrogens with one attached hydrogen (secondary N) is 1. The number of carbonyl (C=O) groups is 1. The second-order valence-electron chi connectivity index (χ2n) is 5.90. The molecule has 0 unspecified atom stereocenters. The van der Waals surface area contributed by atoms with Gasteiger partial charge in [0.15, 0.2) is 0 Å². The number of aromatic nitrogens is 2. The highest BCUT2D eigenvalue weighted by molar-refractivity contribution is 5.76. The normalized spacial score (nSPS) is 15.0. The molecule has 1 N–H and O–H groups in total. The molecule has 1 fully saturated rings. The van der Waals surface area contributed by atoms with Gasteiger partial charge in [0.05, 0.1) is 11.0 Å². The first-order valence-corrected chi connectivity index (χ1v) is 7.74. The molecule has 0 bridgehead atoms. The zero-order chi connectivity index (χ0) is 17.1. The van der Waals surface area contributed by atoms with Gasteiger partial charge in [-0.25, -0.2) is 4.39 Å². The molecular formula is C16H17FN4O3. The van der Waals surface area contributed by atoms with Crippen molar-refractivity contribution in [3.05, 3.63) is 58.2 Å². The fraction of sp³-hybridized carbons (Fsp3) is 0.375. The van der Waals surface area contributed by atoms with Crippen molar-refractivity contribution in [3.8, 4) is 0 Å². The molecule has 8 heteroatoms. The van der Waals surface area contributed by atoms with Gasteiger partial charge in [-0.15, -0.1) is 0 Å². The number of hydrogen-bond acceptors (Lipinski definition) is 4. The maximum Gasteiger partial charge on any atom is 0.306 e. The van der Waals surface area contributed by atoms with Crippen molar-refractivity contribution in [1.29, 1.82) is 0 Å². The Bertz CT molecular complexity index is 740. The molecule has 126 valence electrons. The smallest absolute Gasteiger partial charge is 0.306 e. The predicted octanol–water partition coefficient (Wildman–Crippen LogP) is 2.59. The van der Waals surface area contributed by atoms with Crippen LogP contribution in [0.4, 0.5) is 10.1 Å². The Balaban J connectivity index is 1.57. The molecule has 1 aromatic heterocycles. The van der Waals surface area contributed by atoms with E-state index in [0.29, 0.717) is 5.92 Å². The first kappa shape index (κ1) is 16.1. The zero-order valence-corrected chi connectivity index (χ0v) is 12.9. The van der Waals surface area contributed by atoms with Crippen LogP contribution in [-0.4, -0.2) is 20.6 Å². The molecule has 7 nitrogen and oxygen atoms in total. The lowest BCUT2D eigenvalue weighted by Gasteiger charge is -2.19. The van der Waals surface area contributed by atoms with Gasteiger partial charge in [0, 0.05) is 13.0 Å². The van der Waals surface area contributed by atoms with E-state index in [2.05, 4.69) is 10.4 Å². The Labute approximate surface area is 137 Å². The molecule has 24 heavy (non-hydrogen) atoms. The molecule has 0 saturated heterocycles. The fourth-order valence-electron chi connectivity index (χ4n) is 2.60. The van der Waals surface area contributed by atoms with Gasteiger partial charge >= 0.3 is 5.69 Å². The van der Waals surface area contributed by atoms with Crippen molar-refractivity contribution in [1.82, 2.24) is 15.1 Å². The van der Waals surface area contributed by atoms with Crippen LogP contribution in [0.2, 0.25) is 0 Å². The van der Waals surface area contributed by atoms with Crippen molar-refractivity contribution in [3.63, 3.8) is 0 Å². The zero-order valence-electron chi connectivity index (χ0n) is 12.9. The van der Waals surface area contributed by atoms with Gasteiger partial charge < -0.3 is 5.32 Å². The topological polar surface area (TPSA) is 90.1 Å². The van der Waals surface area contributed by atoms with Gasteiger partial charge in [-0.2, -0.15) is 5.10 Å². The Morgan fingerprint density at radius 1 is 1.42 bits per heavy atom. The molecule has 3 rings (SSSR count). The molecule has 0 aliphatic heterocycles. The van der Waals surface area contributed by atoms with Crippen LogP contribution in [0.25, 0.3) is 0 Å². The van der Waals surface area contributed by atoms with Crippen molar-refractivity contribution < 1.29 is 14.1 Å². The van der Waals surface area contributed by atoms with E-state index in [1.165, 1.54) is 23.0 Å². The standard InChI is InChI=1S/C16H17FN4O3/c17-13-5-3-12(4-6-13)16(11-1-2-11)19-15(22)7-8-20-10-14(9-18-20)21(23)24/h3-6,9-11,16H,1-2,7-8H2,(H,19,22)/t16-/m1/s1. The van der Waals surface area contributed by atoms with Crippen LogP contribution in [0.3, 0.4) is 0 Å². The van der Waals surface area contributed by atoms with Gasteiger partial charge in [-0.05, 0) is 36.5 Å². The molecule has 0 radical (unpaired) electrons. The number of benzene rings is 1. The number of aryl methyl sites for hydroxylation is 1. The molecule has 1 atom stereocenters. The fourth-order valence-corrected chi connectivity index (χ4v) is 2.60. The van der Waals surface area contributed by atoms with E-state index < -0.39 is 4.92 Å². The van der Waals surface area contributed by atoms with Crippen LogP contribution in [0.15, 0.2) is 36.7 Å². The Morgan fingerprint density at radius 3 is 2.71 bits per heavy atom. The number of hydrogen-bond donors (Lipinski definition) is 1. The van der Waals surface area contributed by atoms with Gasteiger partial charge in [0.25, 0.3) is 0 Å². The third-order valence-electron chi connectivity index (χ3n) is 4.04. The van der Waals surface area contributed by atoms with E-state index in [4.69, 9.17) is 0 Å². The van der Waals surface area contributed by atoms with Crippen molar-refractivity contribution in [2.24, 2.45) is 5.92 Å². The summed E-state index contributed by atoms with van der Waals surface area (Å²) < 4.78 is 14.4. The second kappa shape index (κ2) is 6.77. The van der Waals surface area contributed by atoms with Crippen LogP contribution in [0.1, 0.15) is 30.9 Å². The molecular weight excluding hydrogens is 315 g/mol. The highest BCUT2D eigenvalue weighted by Crippen LogP contribution is 2.41. The number of carbonyl (C=O) groups excluding carboxylic acids is 1. The lowest BCUT2D eigenvalue weighted by Crippen LogP contribution is -2.30. The number of amides is 1. The van der Waals surface area contributed by atoms with E-state index in [1.807, 2.05) is 0 Å². The van der Waals surface area contributed by atoms with Gasteiger partial charge in [-0.3, -0.25) is 19.6 Å². The molecule has 1 heterocycles. The Hall–Kier alpha value is -2.77. The minimum Gasteiger partial charge on any atom is -0.349 e. The number of nitrogens with zero attached hydrogens (tertiary/aromatic N) is 3. The molecule has 1 aromatic carbocycles.